The normalized spacial score (nSPS) is 31.8. The lowest BCUT2D eigenvalue weighted by molar-refractivity contribution is 0.147. The molecule has 3 heteroatoms. The molecule has 3 aromatic carbocycles. The molecule has 6 aliphatic rings. The van der Waals surface area contributed by atoms with Crippen molar-refractivity contribution in [3.8, 4) is 0 Å². The number of para-hydroxylation sites is 2. The first kappa shape index (κ1) is 28.5. The van der Waals surface area contributed by atoms with Crippen LogP contribution in [-0.2, 0) is 16.2 Å². The summed E-state index contributed by atoms with van der Waals surface area (Å²) in [6.07, 6.45) is 15.5. The van der Waals surface area contributed by atoms with E-state index in [1.807, 2.05) is 0 Å². The van der Waals surface area contributed by atoms with Gasteiger partial charge in [-0.3, -0.25) is 0 Å². The summed E-state index contributed by atoms with van der Waals surface area (Å²) in [6.45, 7) is 17.6. The molecule has 4 atom stereocenters. The summed E-state index contributed by atoms with van der Waals surface area (Å²) in [6, 6.07) is 20.4. The minimum Gasteiger partial charge on any atom is -0.335 e. The zero-order chi connectivity index (χ0) is 31.1. The Morgan fingerprint density at radius 2 is 1.07 bits per heavy atom. The standard InChI is InChI=1S/C42H53BN2/c1-8-39-22-12-14-24-41(39,10-3)44-33-26-28(38(5,6)7)27-34-35(33)43(31-20-16-18-29(39)36(31)44)32-21-17-19-30-37(32)45(34)42(11-4)25-15-13-23-40(30,42)9-2/h16-21,26-27H,8-15,22-25H2,1-7H3. The highest BCUT2D eigenvalue weighted by atomic mass is 15.3. The van der Waals surface area contributed by atoms with Crippen molar-refractivity contribution in [2.24, 2.45) is 0 Å². The van der Waals surface area contributed by atoms with Crippen LogP contribution in [0.1, 0.15) is 142 Å². The third-order valence-corrected chi connectivity index (χ3v) is 14.9. The molecule has 0 bridgehead atoms. The minimum absolute atomic E-state index is 0.0711. The molecule has 2 fully saturated rings. The van der Waals surface area contributed by atoms with Crippen LogP contribution in [0.3, 0.4) is 0 Å². The molecule has 4 unspecified atom stereocenters. The van der Waals surface area contributed by atoms with E-state index in [-0.39, 0.29) is 27.3 Å². The zero-order valence-electron chi connectivity index (χ0n) is 29.1. The van der Waals surface area contributed by atoms with Crippen LogP contribution in [0.2, 0.25) is 0 Å². The molecule has 45 heavy (non-hydrogen) atoms. The second kappa shape index (κ2) is 9.02. The topological polar surface area (TPSA) is 6.48 Å². The predicted octanol–water partition coefficient (Wildman–Crippen LogP) is 9.17. The van der Waals surface area contributed by atoms with Gasteiger partial charge in [0.25, 0.3) is 6.71 Å². The predicted molar refractivity (Wildman–Crippen MR) is 194 cm³/mol. The smallest absolute Gasteiger partial charge is 0.252 e. The molecule has 0 amide bonds. The van der Waals surface area contributed by atoms with Gasteiger partial charge >= 0.3 is 0 Å². The van der Waals surface area contributed by atoms with Gasteiger partial charge in [-0.05, 0) is 102 Å². The Morgan fingerprint density at radius 1 is 0.622 bits per heavy atom. The minimum atomic E-state index is 0.0711. The van der Waals surface area contributed by atoms with Crippen molar-refractivity contribution in [2.75, 3.05) is 9.80 Å². The molecule has 2 aliphatic carbocycles. The molecule has 234 valence electrons. The maximum atomic E-state index is 3.00. The molecule has 4 aliphatic heterocycles. The average molecular weight is 597 g/mol. The third kappa shape index (κ3) is 2.94. The Hall–Kier alpha value is -2.68. The number of nitrogens with zero attached hydrogens (tertiary/aromatic N) is 2. The molecular formula is C42H53BN2. The summed E-state index contributed by atoms with van der Waals surface area (Å²) in [5, 5.41) is 0. The molecule has 0 saturated heterocycles. The first-order chi connectivity index (χ1) is 21.7. The molecule has 0 radical (unpaired) electrons. The monoisotopic (exact) mass is 596 g/mol. The molecule has 2 nitrogen and oxygen atoms in total. The molecule has 4 heterocycles. The summed E-state index contributed by atoms with van der Waals surface area (Å²) in [5.74, 6) is 0. The SMILES string of the molecule is CCC12CCCCC1(CC)N1c3cc(C(C)(C)C)cc4c3B(c3cccc2c31)c1cccc2c1N4C1(CC)CCCCC21CC. The number of rotatable bonds is 4. The van der Waals surface area contributed by atoms with E-state index in [0.29, 0.717) is 6.71 Å². The summed E-state index contributed by atoms with van der Waals surface area (Å²) in [7, 11) is 0. The Bertz CT molecular complexity index is 1630. The van der Waals surface area contributed by atoms with Crippen molar-refractivity contribution in [3.63, 3.8) is 0 Å². The van der Waals surface area contributed by atoms with Crippen molar-refractivity contribution >= 4 is 45.9 Å². The van der Waals surface area contributed by atoms with Gasteiger partial charge in [-0.15, -0.1) is 0 Å². The van der Waals surface area contributed by atoms with Crippen LogP contribution < -0.4 is 26.2 Å². The number of hydrogen-bond donors (Lipinski definition) is 0. The number of hydrogen-bond acceptors (Lipinski definition) is 2. The van der Waals surface area contributed by atoms with E-state index in [1.165, 1.54) is 82.6 Å². The molecule has 0 aromatic heterocycles. The Morgan fingerprint density at radius 3 is 1.47 bits per heavy atom. The average Bonchev–Trinajstić information content (AvgIpc) is 3.49. The summed E-state index contributed by atoms with van der Waals surface area (Å²) < 4.78 is 0. The number of anilines is 4. The summed E-state index contributed by atoms with van der Waals surface area (Å²) in [5.41, 5.74) is 16.7. The second-order valence-electron chi connectivity index (χ2n) is 16.8. The van der Waals surface area contributed by atoms with Gasteiger partial charge in [0, 0.05) is 33.6 Å². The van der Waals surface area contributed by atoms with Gasteiger partial charge in [-0.1, -0.05) is 111 Å². The van der Waals surface area contributed by atoms with Crippen LogP contribution in [0.4, 0.5) is 22.7 Å². The van der Waals surface area contributed by atoms with Crippen LogP contribution in [0.5, 0.6) is 0 Å². The summed E-state index contributed by atoms with van der Waals surface area (Å²) >= 11 is 0. The molecule has 2 saturated carbocycles. The Balaban J connectivity index is 1.45. The second-order valence-corrected chi connectivity index (χ2v) is 16.8. The Labute approximate surface area is 273 Å². The number of fused-ring (bicyclic) bond motifs is 10. The largest absolute Gasteiger partial charge is 0.335 e. The van der Waals surface area contributed by atoms with Crippen LogP contribution >= 0.6 is 0 Å². The molecular weight excluding hydrogens is 543 g/mol. The van der Waals surface area contributed by atoms with Crippen LogP contribution in [0.15, 0.2) is 48.5 Å². The molecule has 0 N–H and O–H groups in total. The number of benzene rings is 3. The van der Waals surface area contributed by atoms with E-state index in [4.69, 9.17) is 0 Å². The highest BCUT2D eigenvalue weighted by Gasteiger charge is 2.67. The van der Waals surface area contributed by atoms with E-state index < -0.39 is 0 Å². The first-order valence-corrected chi connectivity index (χ1v) is 18.8. The fraction of sp³-hybridized carbons (Fsp3) is 0.571. The van der Waals surface area contributed by atoms with Gasteiger partial charge in [-0.25, -0.2) is 0 Å². The van der Waals surface area contributed by atoms with Gasteiger partial charge in [0.2, 0.25) is 0 Å². The van der Waals surface area contributed by atoms with E-state index >= 15 is 0 Å². The maximum absolute atomic E-state index is 3.00. The maximum Gasteiger partial charge on any atom is 0.252 e. The zero-order valence-corrected chi connectivity index (χ0v) is 29.1. The van der Waals surface area contributed by atoms with Crippen LogP contribution in [-0.4, -0.2) is 17.8 Å². The van der Waals surface area contributed by atoms with Crippen molar-refractivity contribution in [1.82, 2.24) is 0 Å². The van der Waals surface area contributed by atoms with Gasteiger partial charge in [0.1, 0.15) is 0 Å². The van der Waals surface area contributed by atoms with Crippen molar-refractivity contribution < 1.29 is 0 Å². The lowest BCUT2D eigenvalue weighted by atomic mass is 9.33. The molecule has 3 aromatic rings. The third-order valence-electron chi connectivity index (χ3n) is 14.9. The van der Waals surface area contributed by atoms with E-state index in [1.54, 1.807) is 50.3 Å². The van der Waals surface area contributed by atoms with Crippen molar-refractivity contribution in [3.05, 3.63) is 65.2 Å². The fourth-order valence-electron chi connectivity index (χ4n) is 13.0. The fourth-order valence-corrected chi connectivity index (χ4v) is 13.0. The van der Waals surface area contributed by atoms with E-state index in [0.717, 1.165) is 0 Å². The molecule has 0 spiro atoms. The van der Waals surface area contributed by atoms with E-state index in [9.17, 15) is 0 Å². The van der Waals surface area contributed by atoms with Crippen LogP contribution in [0.25, 0.3) is 0 Å². The lowest BCUT2D eigenvalue weighted by Gasteiger charge is -2.57. The van der Waals surface area contributed by atoms with Gasteiger partial charge < -0.3 is 9.80 Å². The highest BCUT2D eigenvalue weighted by molar-refractivity contribution is 7.00. The summed E-state index contributed by atoms with van der Waals surface area (Å²) in [4.78, 5) is 6.00. The van der Waals surface area contributed by atoms with Crippen molar-refractivity contribution in [2.45, 2.75) is 153 Å². The van der Waals surface area contributed by atoms with Gasteiger partial charge in [-0.2, -0.15) is 0 Å². The quantitative estimate of drug-likeness (QED) is 0.277. The first-order valence-electron chi connectivity index (χ1n) is 18.8. The Kier molecular flexibility index (Phi) is 5.72. The lowest BCUT2D eigenvalue weighted by Crippen LogP contribution is -2.67. The van der Waals surface area contributed by atoms with Crippen LogP contribution in [0, 0.1) is 0 Å². The highest BCUT2D eigenvalue weighted by Crippen LogP contribution is 2.67. The van der Waals surface area contributed by atoms with Crippen molar-refractivity contribution in [1.29, 1.82) is 0 Å². The van der Waals surface area contributed by atoms with Gasteiger partial charge in [0.15, 0.2) is 0 Å². The van der Waals surface area contributed by atoms with E-state index in [2.05, 4.69) is 107 Å². The molecule has 9 rings (SSSR count). The van der Waals surface area contributed by atoms with Gasteiger partial charge in [0.05, 0.1) is 11.1 Å².